The quantitative estimate of drug-likeness (QED) is 0.523. The Kier molecular flexibility index (Phi) is 3.58. The van der Waals surface area contributed by atoms with Gasteiger partial charge in [0.1, 0.15) is 0 Å². The van der Waals surface area contributed by atoms with Crippen LogP contribution in [-0.2, 0) is 10.0 Å². The number of H-pyrrole nitrogens is 2. The maximum Gasteiger partial charge on any atom is 0.325 e. The highest BCUT2D eigenvalue weighted by Crippen LogP contribution is 2.19. The van der Waals surface area contributed by atoms with Crippen LogP contribution in [0, 0.1) is 10.1 Å². The van der Waals surface area contributed by atoms with Crippen molar-refractivity contribution in [1.29, 1.82) is 0 Å². The number of benzene rings is 1. The van der Waals surface area contributed by atoms with Gasteiger partial charge in [-0.25, -0.2) is 13.2 Å². The lowest BCUT2D eigenvalue weighted by Gasteiger charge is -2.06. The third-order valence-electron chi connectivity index (χ3n) is 2.38. The van der Waals surface area contributed by atoms with E-state index in [0.29, 0.717) is 0 Å². The molecule has 0 bridgehead atoms. The molecule has 0 saturated carbocycles. The molecule has 1 aromatic carbocycles. The van der Waals surface area contributed by atoms with E-state index in [1.165, 1.54) is 18.2 Å². The molecule has 0 fully saturated rings. The highest BCUT2D eigenvalue weighted by atomic mass is 32.2. The molecule has 1 heterocycles. The second-order valence-electron chi connectivity index (χ2n) is 3.85. The molecule has 3 N–H and O–H groups in total. The minimum absolute atomic E-state index is 0.0881. The first kappa shape index (κ1) is 14.5. The lowest BCUT2D eigenvalue weighted by atomic mass is 10.3. The number of nitro groups is 1. The number of aromatic amines is 2. The van der Waals surface area contributed by atoms with Crippen LogP contribution in [-0.4, -0.2) is 23.3 Å². The van der Waals surface area contributed by atoms with Gasteiger partial charge in [-0.1, -0.05) is 6.07 Å². The average Bonchev–Trinajstić information content (AvgIpc) is 2.37. The Labute approximate surface area is 116 Å². The van der Waals surface area contributed by atoms with E-state index in [9.17, 15) is 28.1 Å². The minimum atomic E-state index is -4.29. The van der Waals surface area contributed by atoms with Crippen LogP contribution in [0.5, 0.6) is 0 Å². The molecule has 21 heavy (non-hydrogen) atoms. The van der Waals surface area contributed by atoms with E-state index >= 15 is 0 Å². The first-order valence-electron chi connectivity index (χ1n) is 5.39. The summed E-state index contributed by atoms with van der Waals surface area (Å²) in [5.41, 5.74) is -2.36. The fraction of sp³-hybridized carbons (Fsp3) is 0. The number of nitrogens with one attached hydrogen (secondary N) is 3. The molecule has 11 heteroatoms. The van der Waals surface area contributed by atoms with Crippen LogP contribution in [0.2, 0.25) is 0 Å². The van der Waals surface area contributed by atoms with E-state index < -0.39 is 31.1 Å². The van der Waals surface area contributed by atoms with E-state index in [1.807, 2.05) is 9.71 Å². The molecule has 2 rings (SSSR count). The molecule has 0 amide bonds. The van der Waals surface area contributed by atoms with Crippen LogP contribution < -0.4 is 16.0 Å². The molecule has 0 aliphatic heterocycles. The monoisotopic (exact) mass is 312 g/mol. The van der Waals surface area contributed by atoms with Crippen LogP contribution >= 0.6 is 0 Å². The van der Waals surface area contributed by atoms with E-state index in [-0.39, 0.29) is 11.4 Å². The summed E-state index contributed by atoms with van der Waals surface area (Å²) in [5, 5.41) is 10.6. The molecule has 2 aromatic rings. The second kappa shape index (κ2) is 5.20. The molecule has 0 aliphatic carbocycles. The Balaban J connectivity index is 2.42. The van der Waals surface area contributed by atoms with Crippen LogP contribution in [0.3, 0.4) is 0 Å². The van der Waals surface area contributed by atoms with Crippen molar-refractivity contribution in [2.45, 2.75) is 4.90 Å². The summed E-state index contributed by atoms with van der Waals surface area (Å²) >= 11 is 0. The lowest BCUT2D eigenvalue weighted by Crippen LogP contribution is -2.29. The molecule has 110 valence electrons. The number of anilines is 1. The topological polar surface area (TPSA) is 155 Å². The van der Waals surface area contributed by atoms with Crippen LogP contribution in [0.25, 0.3) is 0 Å². The van der Waals surface area contributed by atoms with Crippen molar-refractivity contribution in [3.05, 3.63) is 61.4 Å². The molecule has 1 aromatic heterocycles. The van der Waals surface area contributed by atoms with Crippen molar-refractivity contribution in [1.82, 2.24) is 9.97 Å². The van der Waals surface area contributed by atoms with E-state index in [0.717, 1.165) is 12.3 Å². The Morgan fingerprint density at radius 3 is 2.57 bits per heavy atom. The van der Waals surface area contributed by atoms with Gasteiger partial charge < -0.3 is 4.98 Å². The van der Waals surface area contributed by atoms with Crippen molar-refractivity contribution < 1.29 is 13.3 Å². The maximum absolute atomic E-state index is 12.0. The number of hydrogen-bond acceptors (Lipinski definition) is 6. The maximum atomic E-state index is 12.0. The number of hydrogen-bond donors (Lipinski definition) is 3. The largest absolute Gasteiger partial charge is 0.325 e. The Morgan fingerprint density at radius 2 is 1.95 bits per heavy atom. The summed E-state index contributed by atoms with van der Waals surface area (Å²) in [5.74, 6) is 0. The summed E-state index contributed by atoms with van der Waals surface area (Å²) in [6.07, 6.45) is 0.737. The summed E-state index contributed by atoms with van der Waals surface area (Å²) in [4.78, 5) is 35.3. The highest BCUT2D eigenvalue weighted by molar-refractivity contribution is 7.92. The number of rotatable bonds is 4. The van der Waals surface area contributed by atoms with Gasteiger partial charge in [-0.3, -0.25) is 24.6 Å². The van der Waals surface area contributed by atoms with Gasteiger partial charge in [0.25, 0.3) is 21.3 Å². The van der Waals surface area contributed by atoms with E-state index in [2.05, 4.69) is 0 Å². The van der Waals surface area contributed by atoms with Gasteiger partial charge in [0.05, 0.1) is 10.6 Å². The highest BCUT2D eigenvalue weighted by Gasteiger charge is 2.19. The Bertz CT molecular complexity index is 913. The molecule has 0 atom stereocenters. The van der Waals surface area contributed by atoms with Gasteiger partial charge in [-0.15, -0.1) is 0 Å². The van der Waals surface area contributed by atoms with Crippen molar-refractivity contribution in [3.63, 3.8) is 0 Å². The molecular weight excluding hydrogens is 304 g/mol. The molecule has 0 saturated heterocycles. The molecule has 0 unspecified atom stereocenters. The SMILES string of the molecule is O=c1[nH]cc(S(=O)(=O)Nc2cccc([N+](=O)[O-])c2)c(=O)[nH]1. The minimum Gasteiger partial charge on any atom is -0.313 e. The summed E-state index contributed by atoms with van der Waals surface area (Å²) in [7, 11) is -4.29. The van der Waals surface area contributed by atoms with Crippen molar-refractivity contribution in [3.8, 4) is 0 Å². The third kappa shape index (κ3) is 3.14. The normalized spacial score (nSPS) is 11.0. The lowest BCUT2D eigenvalue weighted by molar-refractivity contribution is -0.384. The third-order valence-corrected chi connectivity index (χ3v) is 3.77. The van der Waals surface area contributed by atoms with Crippen LogP contribution in [0.15, 0.2) is 44.9 Å². The number of nitro benzene ring substituents is 1. The number of sulfonamides is 1. The Hall–Kier alpha value is -2.95. The number of nitrogens with zero attached hydrogens (tertiary/aromatic N) is 1. The summed E-state index contributed by atoms with van der Waals surface area (Å²) < 4.78 is 26.0. The Morgan fingerprint density at radius 1 is 1.24 bits per heavy atom. The predicted octanol–water partition coefficient (Wildman–Crippen LogP) is -0.228. The van der Waals surface area contributed by atoms with Gasteiger partial charge in [-0.2, -0.15) is 0 Å². The average molecular weight is 312 g/mol. The number of non-ortho nitro benzene ring substituents is 1. The van der Waals surface area contributed by atoms with Gasteiger partial charge in [-0.05, 0) is 6.07 Å². The first-order valence-corrected chi connectivity index (χ1v) is 6.87. The fourth-order valence-corrected chi connectivity index (χ4v) is 2.55. The van der Waals surface area contributed by atoms with Crippen molar-refractivity contribution in [2.75, 3.05) is 4.72 Å². The fourth-order valence-electron chi connectivity index (χ4n) is 1.49. The van der Waals surface area contributed by atoms with Gasteiger partial charge in [0.2, 0.25) is 0 Å². The summed E-state index contributed by atoms with van der Waals surface area (Å²) in [6.45, 7) is 0. The standard InChI is InChI=1S/C10H8N4O6S/c15-9-8(5-11-10(16)12-9)21(19,20)13-6-2-1-3-7(4-6)14(17)18/h1-5,13H,(H2,11,12,15,16). The molecule has 0 spiro atoms. The first-order chi connectivity index (χ1) is 9.79. The molecule has 0 aliphatic rings. The smallest absolute Gasteiger partial charge is 0.313 e. The molecular formula is C10H8N4O6S. The molecule has 10 nitrogen and oxygen atoms in total. The predicted molar refractivity (Wildman–Crippen MR) is 71.6 cm³/mol. The van der Waals surface area contributed by atoms with Crippen LogP contribution in [0.1, 0.15) is 0 Å². The van der Waals surface area contributed by atoms with E-state index in [4.69, 9.17) is 0 Å². The number of aromatic nitrogens is 2. The van der Waals surface area contributed by atoms with Gasteiger partial charge in [0, 0.05) is 18.3 Å². The van der Waals surface area contributed by atoms with E-state index in [1.54, 1.807) is 4.98 Å². The van der Waals surface area contributed by atoms with Crippen molar-refractivity contribution >= 4 is 21.4 Å². The van der Waals surface area contributed by atoms with Gasteiger partial charge in [0.15, 0.2) is 4.90 Å². The zero-order valence-corrected chi connectivity index (χ0v) is 11.0. The summed E-state index contributed by atoms with van der Waals surface area (Å²) in [6, 6.07) is 4.75. The zero-order chi connectivity index (χ0) is 15.6. The zero-order valence-electron chi connectivity index (χ0n) is 10.2. The van der Waals surface area contributed by atoms with Crippen molar-refractivity contribution in [2.24, 2.45) is 0 Å². The molecule has 0 radical (unpaired) electrons. The van der Waals surface area contributed by atoms with Crippen LogP contribution in [0.4, 0.5) is 11.4 Å². The second-order valence-corrected chi connectivity index (χ2v) is 5.50. The van der Waals surface area contributed by atoms with Gasteiger partial charge >= 0.3 is 5.69 Å².